The lowest BCUT2D eigenvalue weighted by atomic mass is 10.1. The maximum atomic E-state index is 12.9. The Hall–Kier alpha value is -1.67. The average molecular weight is 407 g/mol. The number of hydrogen-bond donors (Lipinski definition) is 1. The molecule has 1 aliphatic heterocycles. The third-order valence-electron chi connectivity index (χ3n) is 4.87. The number of ether oxygens (including phenoxy) is 2. The van der Waals surface area contributed by atoms with E-state index in [1.54, 1.807) is 12.1 Å². The summed E-state index contributed by atoms with van der Waals surface area (Å²) in [6, 6.07) is 10.8. The summed E-state index contributed by atoms with van der Waals surface area (Å²) in [5.74, 6) is 0.701. The highest BCUT2D eigenvalue weighted by atomic mass is 32.2. The average Bonchev–Trinajstić information content (AvgIpc) is 2.65. The Bertz CT molecular complexity index is 890. The van der Waals surface area contributed by atoms with Gasteiger partial charge in [0.25, 0.3) is 0 Å². The van der Waals surface area contributed by atoms with Crippen LogP contribution in [0.2, 0.25) is 0 Å². The summed E-state index contributed by atoms with van der Waals surface area (Å²) in [4.78, 5) is 2.62. The molecule has 2 aromatic rings. The van der Waals surface area contributed by atoms with Crippen molar-refractivity contribution in [2.75, 3.05) is 32.8 Å². The number of fused-ring (bicyclic) bond motifs is 1. The molecule has 0 saturated carbocycles. The van der Waals surface area contributed by atoms with Crippen LogP contribution in [0.25, 0.3) is 10.8 Å². The number of nitrogens with zero attached hydrogens (tertiary/aromatic N) is 1. The predicted molar refractivity (Wildman–Crippen MR) is 111 cm³/mol. The third kappa shape index (κ3) is 5.03. The van der Waals surface area contributed by atoms with Crippen LogP contribution in [0.3, 0.4) is 0 Å². The lowest BCUT2D eigenvalue weighted by Crippen LogP contribution is -2.46. The van der Waals surface area contributed by atoms with Crippen molar-refractivity contribution < 1.29 is 17.9 Å². The Balaban J connectivity index is 1.66. The van der Waals surface area contributed by atoms with Gasteiger partial charge >= 0.3 is 0 Å². The van der Waals surface area contributed by atoms with Gasteiger partial charge in [-0.05, 0) is 45.9 Å². The zero-order chi connectivity index (χ0) is 20.1. The van der Waals surface area contributed by atoms with E-state index in [9.17, 15) is 8.42 Å². The van der Waals surface area contributed by atoms with Gasteiger partial charge < -0.3 is 9.47 Å². The van der Waals surface area contributed by atoms with Crippen LogP contribution in [0, 0.1) is 0 Å². The van der Waals surface area contributed by atoms with Crippen LogP contribution in [-0.2, 0) is 14.8 Å². The normalized spacial score (nSPS) is 21.1. The molecule has 2 unspecified atom stereocenters. The second-order valence-corrected chi connectivity index (χ2v) is 9.04. The van der Waals surface area contributed by atoms with Crippen LogP contribution in [-0.4, -0.2) is 58.3 Å². The molecule has 7 heteroatoms. The Morgan fingerprint density at radius 3 is 2.46 bits per heavy atom. The van der Waals surface area contributed by atoms with E-state index in [-0.39, 0.29) is 12.2 Å². The minimum absolute atomic E-state index is 0.218. The maximum absolute atomic E-state index is 12.9. The van der Waals surface area contributed by atoms with Gasteiger partial charge in [-0.3, -0.25) is 4.90 Å². The predicted octanol–water partition coefficient (Wildman–Crippen LogP) is 3.02. The van der Waals surface area contributed by atoms with Gasteiger partial charge in [-0.15, -0.1) is 0 Å². The van der Waals surface area contributed by atoms with Crippen LogP contribution >= 0.6 is 0 Å². The summed E-state index contributed by atoms with van der Waals surface area (Å²) in [5, 5.41) is 1.49. The molecule has 3 rings (SSSR count). The van der Waals surface area contributed by atoms with Gasteiger partial charge in [-0.2, -0.15) is 0 Å². The van der Waals surface area contributed by atoms with Crippen LogP contribution in [0.15, 0.2) is 41.3 Å². The van der Waals surface area contributed by atoms with E-state index in [0.29, 0.717) is 29.2 Å². The molecule has 6 nitrogen and oxygen atoms in total. The quantitative estimate of drug-likeness (QED) is 0.683. The van der Waals surface area contributed by atoms with Gasteiger partial charge in [0.1, 0.15) is 5.75 Å². The number of hydrogen-bond acceptors (Lipinski definition) is 5. The molecule has 2 atom stereocenters. The van der Waals surface area contributed by atoms with E-state index in [0.717, 1.165) is 31.4 Å². The van der Waals surface area contributed by atoms with Crippen LogP contribution < -0.4 is 9.46 Å². The summed E-state index contributed by atoms with van der Waals surface area (Å²) in [7, 11) is -3.59. The molecule has 0 amide bonds. The maximum Gasteiger partial charge on any atom is 0.241 e. The van der Waals surface area contributed by atoms with E-state index < -0.39 is 10.0 Å². The SMILES string of the molecule is CCOc1ccc(S(=O)(=O)NCCCN2CC(C)OC(C)C2)c2ccccc12. The highest BCUT2D eigenvalue weighted by molar-refractivity contribution is 7.89. The monoisotopic (exact) mass is 406 g/mol. The first kappa shape index (κ1) is 21.0. The molecule has 2 aromatic carbocycles. The lowest BCUT2D eigenvalue weighted by Gasteiger charge is -2.35. The van der Waals surface area contributed by atoms with Crippen molar-refractivity contribution in [1.29, 1.82) is 0 Å². The zero-order valence-corrected chi connectivity index (χ0v) is 17.7. The first-order valence-electron chi connectivity index (χ1n) is 9.92. The van der Waals surface area contributed by atoms with Crippen LogP contribution in [0.4, 0.5) is 0 Å². The number of morpholine rings is 1. The van der Waals surface area contributed by atoms with Gasteiger partial charge in [0.05, 0.1) is 23.7 Å². The molecule has 1 heterocycles. The molecule has 0 aromatic heterocycles. The van der Waals surface area contributed by atoms with Gasteiger partial charge in [0, 0.05) is 30.4 Å². The smallest absolute Gasteiger partial charge is 0.241 e. The lowest BCUT2D eigenvalue weighted by molar-refractivity contribution is -0.0679. The standard InChI is InChI=1S/C21H30N2O4S/c1-4-26-20-10-11-21(19-9-6-5-8-18(19)20)28(24,25)22-12-7-13-23-14-16(2)27-17(3)15-23/h5-6,8-11,16-17,22H,4,7,12-15H2,1-3H3. The van der Waals surface area contributed by atoms with Gasteiger partial charge in [0.2, 0.25) is 10.0 Å². The highest BCUT2D eigenvalue weighted by Gasteiger charge is 2.22. The van der Waals surface area contributed by atoms with Crippen LogP contribution in [0.5, 0.6) is 5.75 Å². The summed E-state index contributed by atoms with van der Waals surface area (Å²) in [5.41, 5.74) is 0. The van der Waals surface area contributed by atoms with Crippen molar-refractivity contribution in [3.63, 3.8) is 0 Å². The molecule has 0 radical (unpaired) electrons. The summed E-state index contributed by atoms with van der Waals surface area (Å²) in [6.07, 6.45) is 1.19. The van der Waals surface area contributed by atoms with Crippen molar-refractivity contribution in [1.82, 2.24) is 9.62 Å². The molecule has 1 N–H and O–H groups in total. The third-order valence-corrected chi connectivity index (χ3v) is 6.39. The van der Waals surface area contributed by atoms with E-state index in [1.165, 1.54) is 0 Å². The second-order valence-electron chi connectivity index (χ2n) is 7.31. The molecular weight excluding hydrogens is 376 g/mol. The molecule has 0 aliphatic carbocycles. The first-order chi connectivity index (χ1) is 13.4. The molecule has 1 saturated heterocycles. The fourth-order valence-corrected chi connectivity index (χ4v) is 5.10. The van der Waals surface area contributed by atoms with Crippen molar-refractivity contribution in [2.24, 2.45) is 0 Å². The van der Waals surface area contributed by atoms with E-state index in [1.807, 2.05) is 31.2 Å². The molecular formula is C21H30N2O4S. The Kier molecular flexibility index (Phi) is 6.93. The van der Waals surface area contributed by atoms with E-state index >= 15 is 0 Å². The van der Waals surface area contributed by atoms with Gasteiger partial charge in [0.15, 0.2) is 0 Å². The fraction of sp³-hybridized carbons (Fsp3) is 0.524. The fourth-order valence-electron chi connectivity index (χ4n) is 3.81. The highest BCUT2D eigenvalue weighted by Crippen LogP contribution is 2.31. The van der Waals surface area contributed by atoms with Gasteiger partial charge in [-0.1, -0.05) is 24.3 Å². The first-order valence-corrected chi connectivity index (χ1v) is 11.4. The van der Waals surface area contributed by atoms with Crippen LogP contribution in [0.1, 0.15) is 27.2 Å². The molecule has 1 fully saturated rings. The minimum atomic E-state index is -3.59. The summed E-state index contributed by atoms with van der Waals surface area (Å²) in [6.45, 7) is 9.63. The van der Waals surface area contributed by atoms with Crippen molar-refractivity contribution in [3.05, 3.63) is 36.4 Å². The van der Waals surface area contributed by atoms with E-state index in [2.05, 4.69) is 23.5 Å². The molecule has 28 heavy (non-hydrogen) atoms. The van der Waals surface area contributed by atoms with Crippen molar-refractivity contribution in [2.45, 2.75) is 44.3 Å². The Morgan fingerprint density at radius 2 is 1.79 bits per heavy atom. The number of sulfonamides is 1. The van der Waals surface area contributed by atoms with Crippen molar-refractivity contribution in [3.8, 4) is 5.75 Å². The Morgan fingerprint density at radius 1 is 1.11 bits per heavy atom. The van der Waals surface area contributed by atoms with E-state index in [4.69, 9.17) is 9.47 Å². The van der Waals surface area contributed by atoms with Gasteiger partial charge in [-0.25, -0.2) is 13.1 Å². The number of benzene rings is 2. The molecule has 0 bridgehead atoms. The minimum Gasteiger partial charge on any atom is -0.493 e. The summed E-state index contributed by atoms with van der Waals surface area (Å²) >= 11 is 0. The largest absolute Gasteiger partial charge is 0.493 e. The summed E-state index contributed by atoms with van der Waals surface area (Å²) < 4.78 is 39.9. The molecule has 154 valence electrons. The molecule has 0 spiro atoms. The number of nitrogens with one attached hydrogen (secondary N) is 1. The topological polar surface area (TPSA) is 67.9 Å². The number of rotatable bonds is 8. The zero-order valence-electron chi connectivity index (χ0n) is 16.8. The Labute approximate surface area is 167 Å². The second kappa shape index (κ2) is 9.22. The molecule has 1 aliphatic rings. The van der Waals surface area contributed by atoms with Crippen molar-refractivity contribution >= 4 is 20.8 Å².